The lowest BCUT2D eigenvalue weighted by Gasteiger charge is -2.25. The van der Waals surface area contributed by atoms with E-state index >= 15 is 0 Å². The summed E-state index contributed by atoms with van der Waals surface area (Å²) < 4.78 is 0. The van der Waals surface area contributed by atoms with Gasteiger partial charge in [-0.3, -0.25) is 9.59 Å². The molecule has 1 rings (SSSR count). The minimum Gasteiger partial charge on any atom is -0.481 e. The Kier molecular flexibility index (Phi) is 6.85. The van der Waals surface area contributed by atoms with Crippen LogP contribution in [0.1, 0.15) is 72.1 Å². The quantitative estimate of drug-likeness (QED) is 0.684. The third kappa shape index (κ3) is 5.42. The third-order valence-electron chi connectivity index (χ3n) is 5.00. The van der Waals surface area contributed by atoms with Gasteiger partial charge in [0, 0.05) is 11.8 Å². The maximum absolute atomic E-state index is 12.4. The van der Waals surface area contributed by atoms with Crippen molar-refractivity contribution in [3.05, 3.63) is 0 Å². The van der Waals surface area contributed by atoms with Crippen molar-refractivity contribution in [1.29, 1.82) is 0 Å². The van der Waals surface area contributed by atoms with Gasteiger partial charge < -0.3 is 10.2 Å². The number of Topliss-reactive ketones (excluding diaryl/α,β-unsaturated/α-hetero) is 1. The first kappa shape index (κ1) is 18.1. The molecule has 0 aromatic carbocycles. The van der Waals surface area contributed by atoms with E-state index in [1.807, 2.05) is 13.8 Å². The Labute approximate surface area is 127 Å². The second-order valence-electron chi connectivity index (χ2n) is 7.12. The van der Waals surface area contributed by atoms with Crippen molar-refractivity contribution in [2.45, 2.75) is 78.2 Å². The Morgan fingerprint density at radius 1 is 1.24 bits per heavy atom. The molecule has 4 nitrogen and oxygen atoms in total. The molecule has 1 aliphatic rings. The molecule has 0 bridgehead atoms. The Hall–Kier alpha value is -0.900. The number of rotatable bonds is 9. The first-order valence-electron chi connectivity index (χ1n) is 8.21. The summed E-state index contributed by atoms with van der Waals surface area (Å²) in [4.78, 5) is 23.2. The molecule has 1 saturated carbocycles. The van der Waals surface area contributed by atoms with Gasteiger partial charge in [0.1, 0.15) is 5.78 Å². The lowest BCUT2D eigenvalue weighted by Crippen LogP contribution is -2.26. The monoisotopic (exact) mass is 298 g/mol. The molecule has 4 heteroatoms. The fourth-order valence-electron chi connectivity index (χ4n) is 3.40. The van der Waals surface area contributed by atoms with E-state index < -0.39 is 12.1 Å². The molecule has 0 spiro atoms. The van der Waals surface area contributed by atoms with E-state index in [2.05, 4.69) is 6.92 Å². The second-order valence-corrected chi connectivity index (χ2v) is 7.12. The molecule has 3 atom stereocenters. The molecule has 0 saturated heterocycles. The minimum atomic E-state index is -0.861. The molecule has 0 amide bonds. The fraction of sp³-hybridized carbons (Fsp3) is 0.882. The Balaban J connectivity index is 2.49. The van der Waals surface area contributed by atoms with Crippen LogP contribution in [-0.4, -0.2) is 28.1 Å². The van der Waals surface area contributed by atoms with Crippen molar-refractivity contribution in [3.8, 4) is 0 Å². The number of carbonyl (C=O) groups excluding carboxylic acids is 1. The van der Waals surface area contributed by atoms with Gasteiger partial charge in [0.05, 0.1) is 12.5 Å². The fourth-order valence-corrected chi connectivity index (χ4v) is 3.40. The van der Waals surface area contributed by atoms with Gasteiger partial charge in [0.25, 0.3) is 0 Å². The number of carboxylic acid groups (broad SMARTS) is 1. The molecule has 1 aliphatic carbocycles. The van der Waals surface area contributed by atoms with Gasteiger partial charge in [-0.15, -0.1) is 0 Å². The van der Waals surface area contributed by atoms with Gasteiger partial charge >= 0.3 is 5.97 Å². The van der Waals surface area contributed by atoms with Crippen LogP contribution >= 0.6 is 0 Å². The number of unbranched alkanes of at least 4 members (excludes halogenated alkanes) is 1. The summed E-state index contributed by atoms with van der Waals surface area (Å²) in [5.41, 5.74) is -0.282. The molecule has 2 unspecified atom stereocenters. The van der Waals surface area contributed by atoms with Crippen molar-refractivity contribution in [1.82, 2.24) is 0 Å². The molecule has 2 N–H and O–H groups in total. The molecular formula is C17H30O4. The van der Waals surface area contributed by atoms with E-state index in [9.17, 15) is 14.7 Å². The highest BCUT2D eigenvalue weighted by atomic mass is 16.4. The van der Waals surface area contributed by atoms with Gasteiger partial charge in [0.2, 0.25) is 0 Å². The molecule has 21 heavy (non-hydrogen) atoms. The number of ketones is 1. The van der Waals surface area contributed by atoms with Gasteiger partial charge in [0.15, 0.2) is 0 Å². The van der Waals surface area contributed by atoms with Gasteiger partial charge in [-0.25, -0.2) is 0 Å². The first-order valence-corrected chi connectivity index (χ1v) is 8.21. The normalized spacial score (nSPS) is 26.0. The van der Waals surface area contributed by atoms with Gasteiger partial charge in [-0.05, 0) is 37.5 Å². The highest BCUT2D eigenvalue weighted by Crippen LogP contribution is 2.38. The summed E-state index contributed by atoms with van der Waals surface area (Å²) in [6.07, 6.45) is 5.27. The smallest absolute Gasteiger partial charge is 0.303 e. The van der Waals surface area contributed by atoms with Crippen LogP contribution in [0.2, 0.25) is 0 Å². The highest BCUT2D eigenvalue weighted by Gasteiger charge is 2.37. The lowest BCUT2D eigenvalue weighted by atomic mass is 9.79. The van der Waals surface area contributed by atoms with Crippen LogP contribution in [-0.2, 0) is 9.59 Å². The van der Waals surface area contributed by atoms with Crippen molar-refractivity contribution < 1.29 is 19.8 Å². The predicted octanol–water partition coefficient (Wildman–Crippen LogP) is 3.41. The third-order valence-corrected chi connectivity index (χ3v) is 5.00. The Bertz CT molecular complexity index is 362. The summed E-state index contributed by atoms with van der Waals surface area (Å²) in [5, 5.41) is 18.8. The van der Waals surface area contributed by atoms with Crippen LogP contribution in [0.5, 0.6) is 0 Å². The molecule has 1 fully saturated rings. The van der Waals surface area contributed by atoms with Crippen molar-refractivity contribution >= 4 is 11.8 Å². The summed E-state index contributed by atoms with van der Waals surface area (Å²) >= 11 is 0. The van der Waals surface area contributed by atoms with Crippen molar-refractivity contribution in [3.63, 3.8) is 0 Å². The Morgan fingerprint density at radius 3 is 2.48 bits per heavy atom. The van der Waals surface area contributed by atoms with E-state index in [1.165, 1.54) is 0 Å². The molecular weight excluding hydrogens is 268 g/mol. The average Bonchev–Trinajstić information content (AvgIpc) is 2.74. The summed E-state index contributed by atoms with van der Waals surface area (Å²) in [6, 6.07) is 0. The number of aliphatic hydroxyl groups excluding tert-OH is 1. The van der Waals surface area contributed by atoms with Crippen molar-refractivity contribution in [2.75, 3.05) is 0 Å². The highest BCUT2D eigenvalue weighted by molar-refractivity contribution is 5.84. The van der Waals surface area contributed by atoms with Crippen molar-refractivity contribution in [2.24, 2.45) is 17.3 Å². The molecule has 0 aliphatic heterocycles. The lowest BCUT2D eigenvalue weighted by molar-refractivity contribution is -0.139. The number of carbonyl (C=O) groups is 2. The number of hydrogen-bond donors (Lipinski definition) is 2. The number of aliphatic carboxylic acids is 1. The molecule has 122 valence electrons. The van der Waals surface area contributed by atoms with E-state index in [0.29, 0.717) is 19.3 Å². The van der Waals surface area contributed by atoms with Crippen LogP contribution in [0, 0.1) is 17.3 Å². The zero-order chi connectivity index (χ0) is 16.0. The zero-order valence-corrected chi connectivity index (χ0v) is 13.6. The van der Waals surface area contributed by atoms with E-state index in [1.54, 1.807) is 0 Å². The SMILES string of the molecule is CCCCC(C)(C)C(=O)CCC1CC[C@H](O)C1CC(=O)O. The molecule has 0 aromatic heterocycles. The largest absolute Gasteiger partial charge is 0.481 e. The van der Waals surface area contributed by atoms with Crippen LogP contribution in [0.25, 0.3) is 0 Å². The van der Waals surface area contributed by atoms with Crippen LogP contribution in [0.3, 0.4) is 0 Å². The topological polar surface area (TPSA) is 74.6 Å². The predicted molar refractivity (Wildman–Crippen MR) is 82.0 cm³/mol. The second kappa shape index (κ2) is 7.92. The zero-order valence-electron chi connectivity index (χ0n) is 13.6. The molecule has 0 radical (unpaired) electrons. The van der Waals surface area contributed by atoms with Crippen LogP contribution in [0.15, 0.2) is 0 Å². The van der Waals surface area contributed by atoms with E-state index in [-0.39, 0.29) is 29.5 Å². The molecule has 0 heterocycles. The summed E-state index contributed by atoms with van der Waals surface area (Å²) in [7, 11) is 0. The maximum Gasteiger partial charge on any atom is 0.303 e. The van der Waals surface area contributed by atoms with Gasteiger partial charge in [-0.2, -0.15) is 0 Å². The maximum atomic E-state index is 12.4. The number of aliphatic hydroxyl groups is 1. The number of carboxylic acids is 1. The molecule has 0 aromatic rings. The Morgan fingerprint density at radius 2 is 1.90 bits per heavy atom. The van der Waals surface area contributed by atoms with Crippen LogP contribution < -0.4 is 0 Å². The minimum absolute atomic E-state index is 0.0131. The van der Waals surface area contributed by atoms with E-state index in [0.717, 1.165) is 25.7 Å². The first-order chi connectivity index (χ1) is 9.77. The number of hydrogen-bond acceptors (Lipinski definition) is 3. The summed E-state index contributed by atoms with van der Waals surface area (Å²) in [5.74, 6) is -0.608. The van der Waals surface area contributed by atoms with Gasteiger partial charge in [-0.1, -0.05) is 33.6 Å². The van der Waals surface area contributed by atoms with Crippen LogP contribution in [0.4, 0.5) is 0 Å². The standard InChI is InChI=1S/C17H30O4/c1-4-5-10-17(2,3)15(19)9-7-12-6-8-14(18)13(12)11-16(20)21/h12-14,18H,4-11H2,1-3H3,(H,20,21)/t12?,13?,14-/m0/s1. The summed E-state index contributed by atoms with van der Waals surface area (Å²) in [6.45, 7) is 6.13. The average molecular weight is 298 g/mol. The van der Waals surface area contributed by atoms with E-state index in [4.69, 9.17) is 5.11 Å².